The second-order valence-corrected chi connectivity index (χ2v) is 17.7. The minimum absolute atomic E-state index is 0.0294. The van der Waals surface area contributed by atoms with E-state index in [4.69, 9.17) is 23.6 Å². The maximum absolute atomic E-state index is 13.3. The molecule has 70 heavy (non-hydrogen) atoms. The van der Waals surface area contributed by atoms with Crippen LogP contribution >= 0.6 is 0 Å². The molecule has 2 saturated heterocycles. The van der Waals surface area contributed by atoms with Crippen molar-refractivity contribution in [3.8, 4) is 11.5 Å². The maximum Gasteiger partial charge on any atom is 0.339 e. The van der Waals surface area contributed by atoms with E-state index in [0.717, 1.165) is 16.0 Å². The van der Waals surface area contributed by atoms with Crippen molar-refractivity contribution in [2.75, 3.05) is 68.6 Å². The van der Waals surface area contributed by atoms with E-state index in [9.17, 15) is 33.9 Å². The average Bonchev–Trinajstić information content (AvgIpc) is 4.02. The first-order valence-electron chi connectivity index (χ1n) is 23.2. The molecular formula is C49H52N10O11. The molecule has 5 aromatic rings. The number of rotatable bonds is 19. The number of esters is 1. The molecule has 21 heteroatoms. The lowest BCUT2D eigenvalue weighted by molar-refractivity contribution is -0.136. The van der Waals surface area contributed by atoms with Gasteiger partial charge < -0.3 is 44.6 Å². The number of aliphatic hydroxyl groups excluding tert-OH is 1. The van der Waals surface area contributed by atoms with Crippen molar-refractivity contribution < 1.29 is 52.5 Å². The van der Waals surface area contributed by atoms with Crippen molar-refractivity contribution in [2.24, 2.45) is 0 Å². The van der Waals surface area contributed by atoms with E-state index in [1.807, 2.05) is 50.2 Å². The van der Waals surface area contributed by atoms with Crippen molar-refractivity contribution in [3.63, 3.8) is 0 Å². The first kappa shape index (κ1) is 47.4. The second-order valence-electron chi connectivity index (χ2n) is 17.7. The fraction of sp³-hybridized carbons (Fsp3) is 0.388. The summed E-state index contributed by atoms with van der Waals surface area (Å²) < 4.78 is 23.1. The Bertz CT molecular complexity index is 2810. The Hall–Kier alpha value is -7.62. The third kappa shape index (κ3) is 10.1. The van der Waals surface area contributed by atoms with Crippen LogP contribution in [-0.2, 0) is 34.2 Å². The van der Waals surface area contributed by atoms with E-state index in [0.29, 0.717) is 66.7 Å². The number of ether oxygens (including phenoxy) is 3. The summed E-state index contributed by atoms with van der Waals surface area (Å²) in [6.45, 7) is 5.79. The zero-order valence-electron chi connectivity index (χ0n) is 38.6. The number of cyclic esters (lactones) is 1. The molecular weight excluding hydrogens is 905 g/mol. The number of piperidine rings is 2. The number of carbonyl (C=O) groups excluding carboxylic acids is 6. The molecule has 364 valence electrons. The molecule has 21 nitrogen and oxygen atoms in total. The quantitative estimate of drug-likeness (QED) is 0.0434. The molecule has 0 saturated carbocycles. The predicted molar refractivity (Wildman–Crippen MR) is 250 cm³/mol. The summed E-state index contributed by atoms with van der Waals surface area (Å²) in [6.07, 6.45) is 3.12. The molecule has 5 amide bonds. The topological polar surface area (TPSA) is 270 Å². The number of aromatic nitrogens is 4. The smallest absolute Gasteiger partial charge is 0.339 e. The van der Waals surface area contributed by atoms with Crippen molar-refractivity contribution in [1.29, 1.82) is 0 Å². The fourth-order valence-electron chi connectivity index (χ4n) is 9.01. The molecule has 0 radical (unpaired) electrons. The number of imide groups is 2. The summed E-state index contributed by atoms with van der Waals surface area (Å²) in [7, 11) is 0. The highest BCUT2D eigenvalue weighted by molar-refractivity contribution is 6.25. The lowest BCUT2D eigenvalue weighted by atomic mass is 9.95. The van der Waals surface area contributed by atoms with Crippen LogP contribution in [0.25, 0.3) is 11.5 Å². The number of likely N-dealkylation sites (tertiary alicyclic amines) is 1. The molecule has 1 unspecified atom stereocenters. The number of benzene rings is 3. The summed E-state index contributed by atoms with van der Waals surface area (Å²) in [5.74, 6) is -1.55. The minimum atomic E-state index is -1.05. The van der Waals surface area contributed by atoms with Gasteiger partial charge in [0.15, 0.2) is 0 Å². The van der Waals surface area contributed by atoms with Crippen molar-refractivity contribution in [1.82, 2.24) is 35.3 Å². The van der Waals surface area contributed by atoms with Gasteiger partial charge in [0.2, 0.25) is 29.6 Å². The predicted octanol–water partition coefficient (Wildman–Crippen LogP) is 4.46. The highest BCUT2D eigenvalue weighted by Gasteiger charge is 2.46. The van der Waals surface area contributed by atoms with Crippen molar-refractivity contribution >= 4 is 58.6 Å². The molecule has 0 bridgehead atoms. The SMILES string of the molecule is CC1(C)OC(=O)c2ccc(Nc3ncc(-c4nnc(C5CCN(C(=O)CCOCCOCCNc6cccc7c6C(=O)N(C6CCC(=O)NC6=O)C7=O)CC5)o4)c(N[C@H](CO)c4ccccc4)n3)cc21. The van der Waals surface area contributed by atoms with Gasteiger partial charge in [-0.25, -0.2) is 9.78 Å². The van der Waals surface area contributed by atoms with Crippen LogP contribution < -0.4 is 21.3 Å². The van der Waals surface area contributed by atoms with Crippen LogP contribution in [0.1, 0.15) is 106 Å². The number of nitrogens with zero attached hydrogens (tertiary/aromatic N) is 6. The number of aliphatic hydroxyl groups is 1. The number of nitrogens with one attached hydrogen (secondary N) is 4. The van der Waals surface area contributed by atoms with E-state index in [1.165, 1.54) is 6.07 Å². The van der Waals surface area contributed by atoms with Gasteiger partial charge in [0, 0.05) is 55.1 Å². The second kappa shape index (κ2) is 20.5. The van der Waals surface area contributed by atoms with Crippen LogP contribution in [0.4, 0.5) is 23.1 Å². The molecule has 6 heterocycles. The first-order valence-corrected chi connectivity index (χ1v) is 23.2. The van der Waals surface area contributed by atoms with Crippen LogP contribution in [0, 0.1) is 0 Å². The normalized spacial score (nSPS) is 18.0. The Labute approximate surface area is 401 Å². The number of anilines is 4. The van der Waals surface area contributed by atoms with Crippen molar-refractivity contribution in [2.45, 2.75) is 69.6 Å². The Balaban J connectivity index is 0.728. The van der Waals surface area contributed by atoms with Gasteiger partial charge in [-0.05, 0) is 69.0 Å². The van der Waals surface area contributed by atoms with Gasteiger partial charge in [-0.1, -0.05) is 36.4 Å². The van der Waals surface area contributed by atoms with E-state index in [1.54, 1.807) is 35.4 Å². The van der Waals surface area contributed by atoms with Gasteiger partial charge in [0.25, 0.3) is 17.7 Å². The van der Waals surface area contributed by atoms with Gasteiger partial charge in [-0.2, -0.15) is 4.98 Å². The van der Waals surface area contributed by atoms with Crippen LogP contribution in [0.5, 0.6) is 0 Å². The summed E-state index contributed by atoms with van der Waals surface area (Å²) in [4.78, 5) is 88.0. The summed E-state index contributed by atoms with van der Waals surface area (Å²) >= 11 is 0. The third-order valence-electron chi connectivity index (χ3n) is 12.7. The van der Waals surface area contributed by atoms with Crippen molar-refractivity contribution in [3.05, 3.63) is 107 Å². The molecule has 5 N–H and O–H groups in total. The Morgan fingerprint density at radius 1 is 0.900 bits per heavy atom. The molecule has 4 aliphatic rings. The van der Waals surface area contributed by atoms with Crippen LogP contribution in [0.15, 0.2) is 77.3 Å². The van der Waals surface area contributed by atoms with Gasteiger partial charge in [-0.3, -0.25) is 34.2 Å². The van der Waals surface area contributed by atoms with E-state index in [-0.39, 0.29) is 93.1 Å². The largest absolute Gasteiger partial charge is 0.451 e. The fourth-order valence-corrected chi connectivity index (χ4v) is 9.01. The molecule has 0 spiro atoms. The van der Waals surface area contributed by atoms with Crippen LogP contribution in [-0.4, -0.2) is 129 Å². The summed E-state index contributed by atoms with van der Waals surface area (Å²) in [5, 5.41) is 31.1. The summed E-state index contributed by atoms with van der Waals surface area (Å²) in [5.41, 5.74) is 3.17. The monoisotopic (exact) mass is 956 g/mol. The number of hydrogen-bond acceptors (Lipinski definition) is 18. The third-order valence-corrected chi connectivity index (χ3v) is 12.7. The van der Waals surface area contributed by atoms with Crippen LogP contribution in [0.3, 0.4) is 0 Å². The van der Waals surface area contributed by atoms with Gasteiger partial charge in [-0.15, -0.1) is 10.2 Å². The zero-order valence-corrected chi connectivity index (χ0v) is 38.6. The zero-order chi connectivity index (χ0) is 48.9. The minimum Gasteiger partial charge on any atom is -0.451 e. The Kier molecular flexibility index (Phi) is 13.9. The first-order chi connectivity index (χ1) is 33.9. The average molecular weight is 957 g/mol. The number of amides is 5. The Morgan fingerprint density at radius 2 is 1.69 bits per heavy atom. The lowest BCUT2D eigenvalue weighted by Gasteiger charge is -2.30. The standard InChI is InChI=1S/C49H52N10O11/c1-49(2)34-25-30(11-12-31(34)47(66)70-49)52-48-51-26-33(41(55-48)53-36(27-60)28-7-4-3-5-8-28)44-57-56-43(69-44)29-15-19-58(20-16-29)39(62)17-21-67-23-24-68-22-18-50-35-10-6-9-32-40(35)46(65)59(45(32)64)37-13-14-38(61)54-42(37)63/h3-12,25-26,29,36-37,50,60H,13-24,27H2,1-2H3,(H,54,61,63)(H2,51,52,53,55)/t36-,37?/m1/s1. The number of hydrogen-bond donors (Lipinski definition) is 5. The van der Waals surface area contributed by atoms with Crippen LogP contribution in [0.2, 0.25) is 0 Å². The van der Waals surface area contributed by atoms with E-state index in [2.05, 4.69) is 36.4 Å². The molecule has 4 aliphatic heterocycles. The molecule has 3 aromatic carbocycles. The van der Waals surface area contributed by atoms with Gasteiger partial charge in [0.05, 0.1) is 67.8 Å². The summed E-state index contributed by atoms with van der Waals surface area (Å²) in [6, 6.07) is 18.0. The molecule has 9 rings (SSSR count). The number of fused-ring (bicyclic) bond motifs is 2. The lowest BCUT2D eigenvalue weighted by Crippen LogP contribution is -2.54. The molecule has 2 atom stereocenters. The van der Waals surface area contributed by atoms with E-state index >= 15 is 0 Å². The maximum atomic E-state index is 13.3. The molecule has 2 fully saturated rings. The highest BCUT2D eigenvalue weighted by atomic mass is 16.6. The molecule has 0 aliphatic carbocycles. The Morgan fingerprint density at radius 3 is 2.46 bits per heavy atom. The number of carbonyl (C=O) groups is 6. The molecule has 2 aromatic heterocycles. The highest BCUT2D eigenvalue weighted by Crippen LogP contribution is 2.39. The van der Waals surface area contributed by atoms with Gasteiger partial charge in [0.1, 0.15) is 17.5 Å². The van der Waals surface area contributed by atoms with Gasteiger partial charge >= 0.3 is 5.97 Å². The van der Waals surface area contributed by atoms with E-state index < -0.39 is 41.3 Å².